The van der Waals surface area contributed by atoms with Crippen LogP contribution in [0.15, 0.2) is 35.3 Å². The van der Waals surface area contributed by atoms with Crippen LogP contribution in [0.25, 0.3) is 10.9 Å². The summed E-state index contributed by atoms with van der Waals surface area (Å²) in [5.41, 5.74) is 2.23. The van der Waals surface area contributed by atoms with Gasteiger partial charge in [-0.05, 0) is 37.3 Å². The molecule has 26 heavy (non-hydrogen) atoms. The molecule has 1 aromatic heterocycles. The number of aliphatic hydroxyl groups is 1. The molecule has 0 aliphatic carbocycles. The smallest absolute Gasteiger partial charge is 0.191 e. The van der Waals surface area contributed by atoms with Crippen molar-refractivity contribution in [1.82, 2.24) is 15.6 Å². The van der Waals surface area contributed by atoms with Crippen molar-refractivity contribution in [2.24, 2.45) is 10.4 Å². The number of rotatable bonds is 7. The van der Waals surface area contributed by atoms with Gasteiger partial charge in [-0.15, -0.1) is 24.0 Å². The lowest BCUT2D eigenvalue weighted by molar-refractivity contribution is 0.127. The molecule has 2 heterocycles. The molecule has 1 fully saturated rings. The van der Waals surface area contributed by atoms with Crippen molar-refractivity contribution in [3.05, 3.63) is 36.0 Å². The number of aromatic amines is 1. The molecule has 1 saturated heterocycles. The fourth-order valence-electron chi connectivity index (χ4n) is 3.31. The van der Waals surface area contributed by atoms with Crippen molar-refractivity contribution in [2.75, 3.05) is 32.9 Å². The topological polar surface area (TPSA) is 81.7 Å². The van der Waals surface area contributed by atoms with E-state index in [1.807, 2.05) is 12.1 Å². The zero-order chi connectivity index (χ0) is 17.5. The number of hydrogen-bond donors (Lipinski definition) is 4. The predicted molar refractivity (Wildman–Crippen MR) is 116 cm³/mol. The van der Waals surface area contributed by atoms with Gasteiger partial charge < -0.3 is 25.5 Å². The van der Waals surface area contributed by atoms with Crippen LogP contribution in [0.4, 0.5) is 0 Å². The van der Waals surface area contributed by atoms with Crippen LogP contribution in [0.2, 0.25) is 0 Å². The van der Waals surface area contributed by atoms with E-state index in [2.05, 4.69) is 40.7 Å². The van der Waals surface area contributed by atoms with E-state index in [-0.39, 0.29) is 36.0 Å². The standard InChI is InChI=1S/C19H28N4O2.HI/c1-2-20-18(22-13-19(7-9-24)8-10-25-14-19)21-12-16-11-15-5-3-4-6-17(15)23-16;/h3-6,11,23-24H,2,7-10,12-14H2,1H3,(H2,20,21,22);1H. The van der Waals surface area contributed by atoms with Crippen molar-refractivity contribution < 1.29 is 9.84 Å². The Morgan fingerprint density at radius 1 is 1.35 bits per heavy atom. The maximum absolute atomic E-state index is 9.35. The Labute approximate surface area is 171 Å². The molecule has 3 rings (SSSR count). The number of ether oxygens (including phenoxy) is 1. The van der Waals surface area contributed by atoms with Crippen LogP contribution >= 0.6 is 24.0 Å². The molecule has 0 amide bonds. The summed E-state index contributed by atoms with van der Waals surface area (Å²) in [4.78, 5) is 8.09. The number of guanidine groups is 1. The van der Waals surface area contributed by atoms with Gasteiger partial charge in [0.1, 0.15) is 0 Å². The highest BCUT2D eigenvalue weighted by Gasteiger charge is 2.34. The van der Waals surface area contributed by atoms with Gasteiger partial charge in [-0.3, -0.25) is 0 Å². The van der Waals surface area contributed by atoms with E-state index in [0.29, 0.717) is 13.2 Å². The summed E-state index contributed by atoms with van der Waals surface area (Å²) in [6, 6.07) is 10.4. The van der Waals surface area contributed by atoms with Crippen molar-refractivity contribution in [1.29, 1.82) is 0 Å². The Bertz CT molecular complexity index is 677. The summed E-state index contributed by atoms with van der Waals surface area (Å²) in [7, 11) is 0. The number of halogens is 1. The van der Waals surface area contributed by atoms with Gasteiger partial charge in [0, 0.05) is 42.9 Å². The molecule has 4 N–H and O–H groups in total. The Morgan fingerprint density at radius 3 is 2.88 bits per heavy atom. The normalized spacial score (nSPS) is 20.2. The average molecular weight is 472 g/mol. The number of aliphatic hydroxyl groups excluding tert-OH is 1. The molecule has 6 nitrogen and oxygen atoms in total. The predicted octanol–water partition coefficient (Wildman–Crippen LogP) is 2.63. The third-order valence-electron chi connectivity index (χ3n) is 4.80. The SMILES string of the molecule is CCNC(=NCc1cc2ccccc2[nH]1)NCC1(CCO)CCOC1.I. The summed E-state index contributed by atoms with van der Waals surface area (Å²) < 4.78 is 5.55. The zero-order valence-electron chi connectivity index (χ0n) is 15.3. The molecule has 0 bridgehead atoms. The van der Waals surface area contributed by atoms with Gasteiger partial charge >= 0.3 is 0 Å². The summed E-state index contributed by atoms with van der Waals surface area (Å²) in [6.45, 7) is 5.87. The lowest BCUT2D eigenvalue weighted by atomic mass is 9.84. The molecule has 0 saturated carbocycles. The summed E-state index contributed by atoms with van der Waals surface area (Å²) in [5.74, 6) is 0.797. The van der Waals surface area contributed by atoms with E-state index in [4.69, 9.17) is 9.73 Å². The van der Waals surface area contributed by atoms with E-state index in [1.54, 1.807) is 0 Å². The maximum atomic E-state index is 9.35. The van der Waals surface area contributed by atoms with E-state index < -0.39 is 0 Å². The van der Waals surface area contributed by atoms with Gasteiger partial charge in [-0.2, -0.15) is 0 Å². The van der Waals surface area contributed by atoms with E-state index in [0.717, 1.165) is 49.7 Å². The number of para-hydroxylation sites is 1. The first kappa shape index (κ1) is 21.0. The number of nitrogens with one attached hydrogen (secondary N) is 3. The van der Waals surface area contributed by atoms with Crippen LogP contribution in [0.1, 0.15) is 25.5 Å². The Hall–Kier alpha value is -1.32. The van der Waals surface area contributed by atoms with Gasteiger partial charge in [-0.1, -0.05) is 18.2 Å². The van der Waals surface area contributed by atoms with E-state index >= 15 is 0 Å². The van der Waals surface area contributed by atoms with E-state index in [9.17, 15) is 5.11 Å². The second kappa shape index (κ2) is 10.1. The molecule has 1 aliphatic rings. The van der Waals surface area contributed by atoms with Crippen LogP contribution in [0, 0.1) is 5.41 Å². The summed E-state index contributed by atoms with van der Waals surface area (Å²) in [5, 5.41) is 17.3. The van der Waals surface area contributed by atoms with Gasteiger partial charge in [0.15, 0.2) is 5.96 Å². The highest BCUT2D eigenvalue weighted by molar-refractivity contribution is 14.0. The monoisotopic (exact) mass is 472 g/mol. The third-order valence-corrected chi connectivity index (χ3v) is 4.80. The van der Waals surface area contributed by atoms with Gasteiger partial charge in [-0.25, -0.2) is 4.99 Å². The molecule has 0 radical (unpaired) electrons. The minimum Gasteiger partial charge on any atom is -0.396 e. The quantitative estimate of drug-likeness (QED) is 0.284. The fraction of sp³-hybridized carbons (Fsp3) is 0.526. The average Bonchev–Trinajstić information content (AvgIpc) is 3.24. The minimum atomic E-state index is 0. The Balaban J connectivity index is 0.00000243. The highest BCUT2D eigenvalue weighted by atomic mass is 127. The highest BCUT2D eigenvalue weighted by Crippen LogP contribution is 2.31. The number of fused-ring (bicyclic) bond motifs is 1. The molecule has 1 atom stereocenters. The first-order chi connectivity index (χ1) is 12.2. The van der Waals surface area contributed by atoms with Gasteiger partial charge in [0.25, 0.3) is 0 Å². The van der Waals surface area contributed by atoms with Crippen LogP contribution in [-0.4, -0.2) is 49.0 Å². The number of nitrogens with zero attached hydrogens (tertiary/aromatic N) is 1. The first-order valence-corrected chi connectivity index (χ1v) is 9.02. The van der Waals surface area contributed by atoms with Crippen molar-refractivity contribution in [3.63, 3.8) is 0 Å². The van der Waals surface area contributed by atoms with Crippen LogP contribution in [-0.2, 0) is 11.3 Å². The molecule has 1 aliphatic heterocycles. The summed E-state index contributed by atoms with van der Waals surface area (Å²) in [6.07, 6.45) is 1.73. The number of H-pyrrole nitrogens is 1. The Morgan fingerprint density at radius 2 is 2.19 bits per heavy atom. The first-order valence-electron chi connectivity index (χ1n) is 9.02. The molecular weight excluding hydrogens is 443 g/mol. The van der Waals surface area contributed by atoms with Crippen molar-refractivity contribution >= 4 is 40.8 Å². The number of aliphatic imine (C=N–C) groups is 1. The second-order valence-corrected chi connectivity index (χ2v) is 6.71. The van der Waals surface area contributed by atoms with Gasteiger partial charge in [0.05, 0.1) is 13.2 Å². The molecule has 2 aromatic rings. The second-order valence-electron chi connectivity index (χ2n) is 6.71. The maximum Gasteiger partial charge on any atom is 0.191 e. The lowest BCUT2D eigenvalue weighted by Gasteiger charge is -2.27. The van der Waals surface area contributed by atoms with Crippen LogP contribution in [0.5, 0.6) is 0 Å². The van der Waals surface area contributed by atoms with Crippen LogP contribution in [0.3, 0.4) is 0 Å². The molecule has 7 heteroatoms. The van der Waals surface area contributed by atoms with Crippen LogP contribution < -0.4 is 10.6 Å². The molecule has 1 unspecified atom stereocenters. The largest absolute Gasteiger partial charge is 0.396 e. The minimum absolute atomic E-state index is 0. The van der Waals surface area contributed by atoms with Gasteiger partial charge in [0.2, 0.25) is 0 Å². The molecular formula is C19H29IN4O2. The lowest BCUT2D eigenvalue weighted by Crippen LogP contribution is -2.44. The zero-order valence-corrected chi connectivity index (χ0v) is 17.6. The number of benzene rings is 1. The van der Waals surface area contributed by atoms with Crippen molar-refractivity contribution in [3.8, 4) is 0 Å². The summed E-state index contributed by atoms with van der Waals surface area (Å²) >= 11 is 0. The number of aromatic nitrogens is 1. The molecule has 144 valence electrons. The number of hydrogen-bond acceptors (Lipinski definition) is 3. The molecule has 1 aromatic carbocycles. The van der Waals surface area contributed by atoms with Crippen molar-refractivity contribution in [2.45, 2.75) is 26.3 Å². The Kier molecular flexibility index (Phi) is 8.17. The fourth-order valence-corrected chi connectivity index (χ4v) is 3.31. The molecule has 0 spiro atoms. The third kappa shape index (κ3) is 5.34. The van der Waals surface area contributed by atoms with E-state index in [1.165, 1.54) is 5.39 Å².